The predicted octanol–water partition coefficient (Wildman–Crippen LogP) is 3.40. The molecule has 1 aliphatic rings. The first kappa shape index (κ1) is 17.5. The Labute approximate surface area is 149 Å². The lowest BCUT2D eigenvalue weighted by molar-refractivity contribution is 0.254. The van der Waals surface area contributed by atoms with E-state index in [1.165, 1.54) is 5.56 Å². The van der Waals surface area contributed by atoms with Gasteiger partial charge in [-0.3, -0.25) is 0 Å². The molecule has 0 aliphatic carbocycles. The summed E-state index contributed by atoms with van der Waals surface area (Å²) in [6, 6.07) is 10.1. The number of aromatic nitrogens is 1. The number of nitrogens with one attached hydrogen (secondary N) is 2. The van der Waals surface area contributed by atoms with Crippen molar-refractivity contribution in [1.29, 1.82) is 0 Å². The van der Waals surface area contributed by atoms with Crippen LogP contribution in [-0.4, -0.2) is 31.3 Å². The van der Waals surface area contributed by atoms with Crippen molar-refractivity contribution >= 4 is 5.82 Å². The lowest BCUT2D eigenvalue weighted by Crippen LogP contribution is -2.16. The minimum Gasteiger partial charge on any atom is -0.496 e. The average molecular weight is 341 g/mol. The quantitative estimate of drug-likeness (QED) is 0.685. The molecular formula is C20H27N3O2. The van der Waals surface area contributed by atoms with Gasteiger partial charge in [-0.05, 0) is 50.6 Å². The van der Waals surface area contributed by atoms with Crippen LogP contribution in [0.2, 0.25) is 0 Å². The van der Waals surface area contributed by atoms with Crippen LogP contribution in [0.25, 0.3) is 0 Å². The molecule has 134 valence electrons. The van der Waals surface area contributed by atoms with Gasteiger partial charge in [-0.1, -0.05) is 6.07 Å². The van der Waals surface area contributed by atoms with Crippen LogP contribution in [0, 0.1) is 0 Å². The highest BCUT2D eigenvalue weighted by Gasteiger charge is 2.21. The van der Waals surface area contributed by atoms with Crippen molar-refractivity contribution in [1.82, 2.24) is 10.3 Å². The van der Waals surface area contributed by atoms with E-state index in [1.54, 1.807) is 13.3 Å². The summed E-state index contributed by atoms with van der Waals surface area (Å²) in [5.74, 6) is 2.89. The molecule has 0 spiro atoms. The average Bonchev–Trinajstić information content (AvgIpc) is 2.99. The van der Waals surface area contributed by atoms with E-state index in [1.807, 2.05) is 18.2 Å². The molecule has 0 amide bonds. The zero-order valence-corrected chi connectivity index (χ0v) is 15.0. The van der Waals surface area contributed by atoms with Crippen LogP contribution in [0.3, 0.4) is 0 Å². The van der Waals surface area contributed by atoms with Crippen LogP contribution in [-0.2, 0) is 13.0 Å². The third-order valence-electron chi connectivity index (χ3n) is 4.37. The maximum Gasteiger partial charge on any atom is 0.125 e. The zero-order chi connectivity index (χ0) is 17.5. The monoisotopic (exact) mass is 341 g/mol. The van der Waals surface area contributed by atoms with Crippen LogP contribution in [0.15, 0.2) is 36.5 Å². The number of hydrogen-bond donors (Lipinski definition) is 2. The normalized spacial score (nSPS) is 15.5. The number of fused-ring (bicyclic) bond motifs is 1. The maximum absolute atomic E-state index is 5.85. The van der Waals surface area contributed by atoms with Gasteiger partial charge in [0.15, 0.2) is 0 Å². The van der Waals surface area contributed by atoms with E-state index in [4.69, 9.17) is 9.47 Å². The molecule has 0 saturated heterocycles. The minimum absolute atomic E-state index is 0.259. The van der Waals surface area contributed by atoms with Crippen LogP contribution >= 0.6 is 0 Å². The molecule has 2 heterocycles. The molecule has 0 radical (unpaired) electrons. The van der Waals surface area contributed by atoms with Crippen LogP contribution < -0.4 is 20.1 Å². The molecule has 0 saturated carbocycles. The third kappa shape index (κ3) is 4.86. The summed E-state index contributed by atoms with van der Waals surface area (Å²) in [5.41, 5.74) is 2.40. The first-order chi connectivity index (χ1) is 12.3. The summed E-state index contributed by atoms with van der Waals surface area (Å²) in [6.07, 6.45) is 5.24. The number of benzene rings is 1. The largest absolute Gasteiger partial charge is 0.496 e. The number of anilines is 1. The van der Waals surface area contributed by atoms with Crippen molar-refractivity contribution in [2.45, 2.75) is 38.8 Å². The van der Waals surface area contributed by atoms with Gasteiger partial charge < -0.3 is 20.1 Å². The molecule has 5 nitrogen and oxygen atoms in total. The number of pyridine rings is 1. The fourth-order valence-corrected chi connectivity index (χ4v) is 3.09. The van der Waals surface area contributed by atoms with E-state index >= 15 is 0 Å². The number of methoxy groups -OCH3 is 1. The van der Waals surface area contributed by atoms with E-state index in [-0.39, 0.29) is 6.10 Å². The van der Waals surface area contributed by atoms with Gasteiger partial charge in [-0.15, -0.1) is 0 Å². The van der Waals surface area contributed by atoms with E-state index in [2.05, 4.69) is 34.7 Å². The molecule has 2 N–H and O–H groups in total. The fourth-order valence-electron chi connectivity index (χ4n) is 3.09. The minimum atomic E-state index is 0.259. The van der Waals surface area contributed by atoms with Gasteiger partial charge in [0.2, 0.25) is 0 Å². The van der Waals surface area contributed by atoms with Gasteiger partial charge in [0.25, 0.3) is 0 Å². The standard InChI is InChI=1S/C20H27N3O2/c1-15-11-16-12-18(24-2)17(13-19(16)25-15)14-21-8-5-6-10-23-20-7-3-4-9-22-20/h3-4,7,9,12-13,15,21H,5-6,8,10-11,14H2,1-2H3,(H,22,23). The number of rotatable bonds is 9. The highest BCUT2D eigenvalue weighted by molar-refractivity contribution is 5.48. The van der Waals surface area contributed by atoms with Crippen molar-refractivity contribution in [3.63, 3.8) is 0 Å². The molecule has 1 aromatic heterocycles. The molecule has 2 aromatic rings. The lowest BCUT2D eigenvalue weighted by Gasteiger charge is -2.12. The molecule has 1 aliphatic heterocycles. The number of ether oxygens (including phenoxy) is 2. The van der Waals surface area contributed by atoms with Gasteiger partial charge in [-0.25, -0.2) is 4.98 Å². The van der Waals surface area contributed by atoms with Crippen molar-refractivity contribution in [3.8, 4) is 11.5 Å². The Kier molecular flexibility index (Phi) is 6.12. The fraction of sp³-hybridized carbons (Fsp3) is 0.450. The molecule has 1 atom stereocenters. The van der Waals surface area contributed by atoms with Gasteiger partial charge in [0.05, 0.1) is 7.11 Å². The molecule has 25 heavy (non-hydrogen) atoms. The van der Waals surface area contributed by atoms with Crippen molar-refractivity contribution in [2.24, 2.45) is 0 Å². The summed E-state index contributed by atoms with van der Waals surface area (Å²) in [4.78, 5) is 4.25. The van der Waals surface area contributed by atoms with Crippen molar-refractivity contribution < 1.29 is 9.47 Å². The Balaban J connectivity index is 1.38. The summed E-state index contributed by atoms with van der Waals surface area (Å²) in [7, 11) is 1.73. The molecule has 1 aromatic carbocycles. The molecule has 3 rings (SSSR count). The van der Waals surface area contributed by atoms with Gasteiger partial charge >= 0.3 is 0 Å². The number of hydrogen-bond acceptors (Lipinski definition) is 5. The summed E-state index contributed by atoms with van der Waals surface area (Å²) >= 11 is 0. The second-order valence-electron chi connectivity index (χ2n) is 6.43. The topological polar surface area (TPSA) is 55.4 Å². The van der Waals surface area contributed by atoms with E-state index < -0.39 is 0 Å². The second-order valence-corrected chi connectivity index (χ2v) is 6.43. The molecule has 0 bridgehead atoms. The Morgan fingerprint density at radius 1 is 1.24 bits per heavy atom. The summed E-state index contributed by atoms with van der Waals surface area (Å²) in [5, 5.41) is 6.83. The SMILES string of the molecule is COc1cc2c(cc1CNCCCCNc1ccccn1)OC(C)C2. The van der Waals surface area contributed by atoms with E-state index in [0.717, 1.165) is 61.8 Å². The maximum atomic E-state index is 5.85. The van der Waals surface area contributed by atoms with Crippen LogP contribution in [0.4, 0.5) is 5.82 Å². The first-order valence-corrected chi connectivity index (χ1v) is 8.98. The second kappa shape index (κ2) is 8.72. The molecule has 5 heteroatoms. The van der Waals surface area contributed by atoms with E-state index in [9.17, 15) is 0 Å². The van der Waals surface area contributed by atoms with Gasteiger partial charge in [-0.2, -0.15) is 0 Å². The molecular weight excluding hydrogens is 314 g/mol. The predicted molar refractivity (Wildman–Crippen MR) is 100 cm³/mol. The van der Waals surface area contributed by atoms with Crippen molar-refractivity contribution in [3.05, 3.63) is 47.7 Å². The third-order valence-corrected chi connectivity index (χ3v) is 4.37. The molecule has 1 unspecified atom stereocenters. The Hall–Kier alpha value is -2.27. The highest BCUT2D eigenvalue weighted by Crippen LogP contribution is 2.34. The van der Waals surface area contributed by atoms with Gasteiger partial charge in [0.1, 0.15) is 23.4 Å². The Morgan fingerprint density at radius 3 is 2.92 bits per heavy atom. The lowest BCUT2D eigenvalue weighted by atomic mass is 10.1. The van der Waals surface area contributed by atoms with Crippen LogP contribution in [0.1, 0.15) is 30.9 Å². The first-order valence-electron chi connectivity index (χ1n) is 8.98. The summed E-state index contributed by atoms with van der Waals surface area (Å²) in [6.45, 7) is 4.80. The number of nitrogens with zero attached hydrogens (tertiary/aromatic N) is 1. The molecule has 0 fully saturated rings. The smallest absolute Gasteiger partial charge is 0.125 e. The Bertz CT molecular complexity index is 676. The zero-order valence-electron chi connectivity index (χ0n) is 15.0. The Morgan fingerprint density at radius 2 is 2.12 bits per heavy atom. The van der Waals surface area contributed by atoms with Crippen molar-refractivity contribution in [2.75, 3.05) is 25.5 Å². The van der Waals surface area contributed by atoms with Gasteiger partial charge in [0, 0.05) is 36.8 Å². The summed E-state index contributed by atoms with van der Waals surface area (Å²) < 4.78 is 11.4. The van der Waals surface area contributed by atoms with Crippen LogP contribution in [0.5, 0.6) is 11.5 Å². The number of unbranched alkanes of at least 4 members (excludes halogenated alkanes) is 1. The van der Waals surface area contributed by atoms with E-state index in [0.29, 0.717) is 0 Å². The highest BCUT2D eigenvalue weighted by atomic mass is 16.5.